The zero-order valence-corrected chi connectivity index (χ0v) is 8.04. The minimum Gasteiger partial charge on any atom is -0.490 e. The van der Waals surface area contributed by atoms with E-state index in [1.54, 1.807) is 18.2 Å². The number of nitrogen functional groups attached to an aromatic ring is 1. The molecule has 3 nitrogen and oxygen atoms in total. The quantitative estimate of drug-likeness (QED) is 0.774. The molecule has 0 aliphatic carbocycles. The number of aliphatic hydroxyl groups is 1. The van der Waals surface area contributed by atoms with Crippen molar-refractivity contribution in [2.24, 2.45) is 0 Å². The minimum absolute atomic E-state index is 0.0107. The van der Waals surface area contributed by atoms with Crippen molar-refractivity contribution in [2.75, 3.05) is 18.9 Å². The number of hydrogen-bond donors (Lipinski definition) is 2. The van der Waals surface area contributed by atoms with Gasteiger partial charge in [0.2, 0.25) is 0 Å². The molecule has 4 heteroatoms. The molecule has 0 radical (unpaired) electrons. The topological polar surface area (TPSA) is 55.5 Å². The fraction of sp³-hybridized carbons (Fsp3) is 0.250. The van der Waals surface area contributed by atoms with Gasteiger partial charge in [-0.1, -0.05) is 0 Å². The Labute approximate surface area is 79.3 Å². The van der Waals surface area contributed by atoms with E-state index in [1.165, 1.54) is 0 Å². The first kappa shape index (κ1) is 9.35. The van der Waals surface area contributed by atoms with Crippen molar-refractivity contribution in [3.05, 3.63) is 22.7 Å². The number of anilines is 1. The highest BCUT2D eigenvalue weighted by Crippen LogP contribution is 2.26. The van der Waals surface area contributed by atoms with Crippen molar-refractivity contribution in [1.82, 2.24) is 0 Å². The van der Waals surface area contributed by atoms with Crippen LogP contribution in [-0.4, -0.2) is 18.3 Å². The summed E-state index contributed by atoms with van der Waals surface area (Å²) in [6, 6.07) is 5.26. The van der Waals surface area contributed by atoms with Crippen molar-refractivity contribution >= 4 is 21.6 Å². The van der Waals surface area contributed by atoms with E-state index in [2.05, 4.69) is 15.9 Å². The zero-order valence-electron chi connectivity index (χ0n) is 6.46. The lowest BCUT2D eigenvalue weighted by molar-refractivity contribution is 0.200. The highest BCUT2D eigenvalue weighted by Gasteiger charge is 1.99. The molecule has 0 amide bonds. The standard InChI is InChI=1S/C8H10BrNO2/c9-7-5-6(10)1-2-8(7)12-4-3-11/h1-2,5,11H,3-4,10H2. The Balaban J connectivity index is 2.72. The summed E-state index contributed by atoms with van der Waals surface area (Å²) in [7, 11) is 0. The molecule has 3 N–H and O–H groups in total. The Bertz CT molecular complexity index is 265. The van der Waals surface area contributed by atoms with Crippen LogP contribution < -0.4 is 10.5 Å². The van der Waals surface area contributed by atoms with E-state index < -0.39 is 0 Å². The Morgan fingerprint density at radius 2 is 2.25 bits per heavy atom. The van der Waals surface area contributed by atoms with Gasteiger partial charge in [0.05, 0.1) is 11.1 Å². The first-order chi connectivity index (χ1) is 5.74. The summed E-state index contributed by atoms with van der Waals surface area (Å²) >= 11 is 3.29. The highest BCUT2D eigenvalue weighted by molar-refractivity contribution is 9.10. The summed E-state index contributed by atoms with van der Waals surface area (Å²) in [6.45, 7) is 0.305. The normalized spacial score (nSPS) is 9.83. The van der Waals surface area contributed by atoms with Crippen LogP contribution in [0.3, 0.4) is 0 Å². The third-order valence-electron chi connectivity index (χ3n) is 1.30. The van der Waals surface area contributed by atoms with Crippen LogP contribution >= 0.6 is 15.9 Å². The Hall–Kier alpha value is -0.740. The fourth-order valence-electron chi connectivity index (χ4n) is 0.790. The maximum Gasteiger partial charge on any atom is 0.133 e. The van der Waals surface area contributed by atoms with Crippen LogP contribution in [-0.2, 0) is 0 Å². The van der Waals surface area contributed by atoms with Gasteiger partial charge in [0.15, 0.2) is 0 Å². The van der Waals surface area contributed by atoms with Gasteiger partial charge in [0.1, 0.15) is 12.4 Å². The molecule has 0 aliphatic rings. The first-order valence-corrected chi connectivity index (χ1v) is 4.32. The molecule has 0 spiro atoms. The molecule has 0 saturated carbocycles. The summed E-state index contributed by atoms with van der Waals surface area (Å²) in [5.74, 6) is 0.693. The summed E-state index contributed by atoms with van der Waals surface area (Å²) in [4.78, 5) is 0. The molecule has 0 unspecified atom stereocenters. The highest BCUT2D eigenvalue weighted by atomic mass is 79.9. The summed E-state index contributed by atoms with van der Waals surface area (Å²) in [6.07, 6.45) is 0. The van der Waals surface area contributed by atoms with Crippen LogP contribution in [0.15, 0.2) is 22.7 Å². The third kappa shape index (κ3) is 2.39. The summed E-state index contributed by atoms with van der Waals surface area (Å²) in [5, 5.41) is 8.51. The zero-order chi connectivity index (χ0) is 8.97. The molecule has 0 heterocycles. The van der Waals surface area contributed by atoms with E-state index in [0.29, 0.717) is 18.0 Å². The molecule has 0 saturated heterocycles. The second kappa shape index (κ2) is 4.33. The van der Waals surface area contributed by atoms with Gasteiger partial charge in [-0.15, -0.1) is 0 Å². The van der Waals surface area contributed by atoms with Crippen LogP contribution in [0.1, 0.15) is 0 Å². The third-order valence-corrected chi connectivity index (χ3v) is 1.92. The van der Waals surface area contributed by atoms with E-state index >= 15 is 0 Å². The molecular formula is C8H10BrNO2. The second-order valence-corrected chi connectivity index (χ2v) is 3.12. The maximum absolute atomic E-state index is 8.51. The average molecular weight is 232 g/mol. The van der Waals surface area contributed by atoms with Crippen LogP contribution in [0.2, 0.25) is 0 Å². The number of nitrogens with two attached hydrogens (primary N) is 1. The minimum atomic E-state index is 0.0107. The predicted octanol–water partition coefficient (Wildman–Crippen LogP) is 1.40. The second-order valence-electron chi connectivity index (χ2n) is 2.26. The lowest BCUT2D eigenvalue weighted by Gasteiger charge is -2.06. The molecule has 0 atom stereocenters. The monoisotopic (exact) mass is 231 g/mol. The lowest BCUT2D eigenvalue weighted by Crippen LogP contribution is -2.02. The Morgan fingerprint density at radius 3 is 2.83 bits per heavy atom. The molecule has 0 bridgehead atoms. The number of benzene rings is 1. The van der Waals surface area contributed by atoms with E-state index in [-0.39, 0.29) is 6.61 Å². The van der Waals surface area contributed by atoms with Crippen molar-refractivity contribution in [2.45, 2.75) is 0 Å². The lowest BCUT2D eigenvalue weighted by atomic mass is 10.3. The van der Waals surface area contributed by atoms with E-state index in [1.807, 2.05) is 0 Å². The van der Waals surface area contributed by atoms with Gasteiger partial charge in [-0.3, -0.25) is 0 Å². The molecule has 0 fully saturated rings. The van der Waals surface area contributed by atoms with Crippen molar-refractivity contribution < 1.29 is 9.84 Å². The van der Waals surface area contributed by atoms with Gasteiger partial charge in [-0.25, -0.2) is 0 Å². The summed E-state index contributed by atoms with van der Waals surface area (Å²) < 4.78 is 5.99. The molecule has 0 aliphatic heterocycles. The van der Waals surface area contributed by atoms with Crippen LogP contribution in [0, 0.1) is 0 Å². The molecule has 1 aromatic rings. The number of ether oxygens (including phenoxy) is 1. The molecule has 0 aromatic heterocycles. The van der Waals surface area contributed by atoms with Crippen molar-refractivity contribution in [1.29, 1.82) is 0 Å². The summed E-state index contributed by atoms with van der Waals surface area (Å²) in [5.41, 5.74) is 6.20. The van der Waals surface area contributed by atoms with E-state index in [0.717, 1.165) is 4.47 Å². The SMILES string of the molecule is Nc1ccc(OCCO)c(Br)c1. The van der Waals surface area contributed by atoms with Gasteiger partial charge in [0.25, 0.3) is 0 Å². The van der Waals surface area contributed by atoms with Crippen molar-refractivity contribution in [3.63, 3.8) is 0 Å². The van der Waals surface area contributed by atoms with E-state index in [9.17, 15) is 0 Å². The predicted molar refractivity (Wildman–Crippen MR) is 51.1 cm³/mol. The largest absolute Gasteiger partial charge is 0.490 e. The number of hydrogen-bond acceptors (Lipinski definition) is 3. The van der Waals surface area contributed by atoms with Crippen LogP contribution in [0.4, 0.5) is 5.69 Å². The molecule has 66 valence electrons. The molecular weight excluding hydrogens is 222 g/mol. The molecule has 12 heavy (non-hydrogen) atoms. The maximum atomic E-state index is 8.51. The Kier molecular flexibility index (Phi) is 3.37. The van der Waals surface area contributed by atoms with Gasteiger partial charge >= 0.3 is 0 Å². The van der Waals surface area contributed by atoms with E-state index in [4.69, 9.17) is 15.6 Å². The van der Waals surface area contributed by atoms with Crippen LogP contribution in [0.25, 0.3) is 0 Å². The fourth-order valence-corrected chi connectivity index (χ4v) is 1.30. The van der Waals surface area contributed by atoms with Gasteiger partial charge in [-0.2, -0.15) is 0 Å². The smallest absolute Gasteiger partial charge is 0.133 e. The van der Waals surface area contributed by atoms with Gasteiger partial charge < -0.3 is 15.6 Å². The average Bonchev–Trinajstić information content (AvgIpc) is 2.03. The van der Waals surface area contributed by atoms with Crippen LogP contribution in [0.5, 0.6) is 5.75 Å². The molecule has 1 aromatic carbocycles. The first-order valence-electron chi connectivity index (χ1n) is 3.52. The van der Waals surface area contributed by atoms with Crippen molar-refractivity contribution in [3.8, 4) is 5.75 Å². The molecule has 1 rings (SSSR count). The number of rotatable bonds is 3. The number of halogens is 1. The Morgan fingerprint density at radius 1 is 1.50 bits per heavy atom. The van der Waals surface area contributed by atoms with Gasteiger partial charge in [0, 0.05) is 5.69 Å². The van der Waals surface area contributed by atoms with Gasteiger partial charge in [-0.05, 0) is 34.1 Å². The number of aliphatic hydroxyl groups excluding tert-OH is 1.